The van der Waals surface area contributed by atoms with E-state index in [4.69, 9.17) is 9.73 Å². The molecule has 0 radical (unpaired) electrons. The molecule has 26 heavy (non-hydrogen) atoms. The van der Waals surface area contributed by atoms with Crippen LogP contribution in [-0.4, -0.2) is 91.3 Å². The molecular weight excluding hydrogens is 445 g/mol. The highest BCUT2D eigenvalue weighted by molar-refractivity contribution is 14.0. The number of likely N-dealkylation sites (tertiary alicyclic amines) is 1. The van der Waals surface area contributed by atoms with Gasteiger partial charge in [0.15, 0.2) is 5.96 Å². The lowest BCUT2D eigenvalue weighted by Gasteiger charge is -2.39. The molecule has 150 valence electrons. The Bertz CT molecular complexity index is 514. The lowest BCUT2D eigenvalue weighted by molar-refractivity contribution is 0.0137. The maximum absolute atomic E-state index is 12.3. The first-order valence-corrected chi connectivity index (χ1v) is 9.53. The molecule has 0 bridgehead atoms. The van der Waals surface area contributed by atoms with E-state index in [9.17, 15) is 4.79 Å². The molecule has 3 rings (SSSR count). The van der Waals surface area contributed by atoms with Gasteiger partial charge in [-0.15, -0.1) is 24.0 Å². The number of amides is 1. The molecule has 8 heteroatoms. The van der Waals surface area contributed by atoms with E-state index in [1.54, 1.807) is 0 Å². The molecule has 0 saturated carbocycles. The van der Waals surface area contributed by atoms with Gasteiger partial charge in [0.25, 0.3) is 0 Å². The summed E-state index contributed by atoms with van der Waals surface area (Å²) in [4.78, 5) is 23.5. The summed E-state index contributed by atoms with van der Waals surface area (Å²) in [7, 11) is 2.19. The Labute approximate surface area is 174 Å². The predicted molar refractivity (Wildman–Crippen MR) is 114 cm³/mol. The van der Waals surface area contributed by atoms with E-state index in [-0.39, 0.29) is 36.1 Å². The van der Waals surface area contributed by atoms with Crippen molar-refractivity contribution in [2.45, 2.75) is 45.3 Å². The van der Waals surface area contributed by atoms with Gasteiger partial charge in [-0.05, 0) is 59.7 Å². The molecular formula is C18H34IN5O2. The largest absolute Gasteiger partial charge is 0.444 e. The van der Waals surface area contributed by atoms with Gasteiger partial charge in [0.1, 0.15) is 5.60 Å². The molecule has 0 aliphatic carbocycles. The zero-order valence-electron chi connectivity index (χ0n) is 16.5. The summed E-state index contributed by atoms with van der Waals surface area (Å²) >= 11 is 0. The predicted octanol–water partition coefficient (Wildman–Crippen LogP) is 1.83. The molecule has 0 aromatic rings. The number of hydrogen-bond donors (Lipinski definition) is 1. The minimum absolute atomic E-state index is 0. The summed E-state index contributed by atoms with van der Waals surface area (Å²) in [6, 6.07) is 0.279. The normalized spacial score (nSPS) is 24.6. The zero-order valence-corrected chi connectivity index (χ0v) is 18.9. The average Bonchev–Trinajstić information content (AvgIpc) is 2.95. The quantitative estimate of drug-likeness (QED) is 0.613. The van der Waals surface area contributed by atoms with Crippen LogP contribution in [0.15, 0.2) is 4.99 Å². The van der Waals surface area contributed by atoms with E-state index in [0.717, 1.165) is 31.5 Å². The fourth-order valence-corrected chi connectivity index (χ4v) is 3.72. The Morgan fingerprint density at radius 1 is 1.23 bits per heavy atom. The fraction of sp³-hybridized carbons (Fsp3) is 0.889. The maximum atomic E-state index is 12.3. The van der Waals surface area contributed by atoms with E-state index in [2.05, 4.69) is 22.2 Å². The van der Waals surface area contributed by atoms with Crippen molar-refractivity contribution in [1.29, 1.82) is 0 Å². The molecule has 2 saturated heterocycles. The van der Waals surface area contributed by atoms with Crippen LogP contribution in [0.25, 0.3) is 0 Å². The van der Waals surface area contributed by atoms with Crippen molar-refractivity contribution in [3.63, 3.8) is 0 Å². The number of piperazine rings is 1. The van der Waals surface area contributed by atoms with E-state index >= 15 is 0 Å². The van der Waals surface area contributed by atoms with Gasteiger partial charge >= 0.3 is 6.09 Å². The van der Waals surface area contributed by atoms with Gasteiger partial charge in [-0.3, -0.25) is 4.99 Å². The second kappa shape index (κ2) is 8.95. The third kappa shape index (κ3) is 5.61. The molecule has 7 nitrogen and oxygen atoms in total. The topological polar surface area (TPSA) is 60.4 Å². The summed E-state index contributed by atoms with van der Waals surface area (Å²) < 4.78 is 5.50. The molecule has 2 fully saturated rings. The van der Waals surface area contributed by atoms with E-state index in [1.165, 1.54) is 25.9 Å². The molecule has 0 aromatic heterocycles. The number of nitrogens with zero attached hydrogens (tertiary/aromatic N) is 4. The van der Waals surface area contributed by atoms with Crippen LogP contribution in [0.2, 0.25) is 0 Å². The fourth-order valence-electron chi connectivity index (χ4n) is 3.72. The van der Waals surface area contributed by atoms with Gasteiger partial charge in [-0.2, -0.15) is 0 Å². The van der Waals surface area contributed by atoms with Crippen molar-refractivity contribution in [3.05, 3.63) is 0 Å². The summed E-state index contributed by atoms with van der Waals surface area (Å²) in [6.07, 6.45) is 2.30. The van der Waals surface area contributed by atoms with Crippen LogP contribution >= 0.6 is 24.0 Å². The molecule has 1 N–H and O–H groups in total. The van der Waals surface area contributed by atoms with E-state index in [1.807, 2.05) is 25.7 Å². The lowest BCUT2D eigenvalue weighted by atomic mass is 9.97. The molecule has 0 aromatic carbocycles. The van der Waals surface area contributed by atoms with Crippen molar-refractivity contribution >= 4 is 36.0 Å². The average molecular weight is 479 g/mol. The van der Waals surface area contributed by atoms with Gasteiger partial charge in [0, 0.05) is 26.2 Å². The highest BCUT2D eigenvalue weighted by Gasteiger charge is 2.36. The second-order valence-corrected chi connectivity index (χ2v) is 8.57. The SMILES string of the molecule is CN1CCC(CNC2=NCC3CN(C(=O)OC(C)(C)C)CCN23)CC1.I. The van der Waals surface area contributed by atoms with E-state index in [0.29, 0.717) is 13.1 Å². The van der Waals surface area contributed by atoms with Gasteiger partial charge in [0.05, 0.1) is 12.6 Å². The highest BCUT2D eigenvalue weighted by Crippen LogP contribution is 2.20. The number of halogens is 1. The number of guanidine groups is 1. The summed E-state index contributed by atoms with van der Waals surface area (Å²) in [6.45, 7) is 12.1. The number of rotatable bonds is 2. The van der Waals surface area contributed by atoms with Crippen molar-refractivity contribution in [3.8, 4) is 0 Å². The van der Waals surface area contributed by atoms with Crippen LogP contribution in [0.1, 0.15) is 33.6 Å². The van der Waals surface area contributed by atoms with Gasteiger partial charge < -0.3 is 24.8 Å². The number of carbonyl (C=O) groups excluding carboxylic acids is 1. The lowest BCUT2D eigenvalue weighted by Crippen LogP contribution is -2.57. The number of carbonyl (C=O) groups is 1. The van der Waals surface area contributed by atoms with Crippen LogP contribution in [0, 0.1) is 5.92 Å². The van der Waals surface area contributed by atoms with Crippen molar-refractivity contribution < 1.29 is 9.53 Å². The summed E-state index contributed by atoms with van der Waals surface area (Å²) in [5.41, 5.74) is -0.443. The first kappa shape index (κ1) is 21.5. The molecule has 3 heterocycles. The highest BCUT2D eigenvalue weighted by atomic mass is 127. The van der Waals surface area contributed by atoms with Crippen molar-refractivity contribution in [2.24, 2.45) is 10.9 Å². The maximum Gasteiger partial charge on any atom is 0.410 e. The smallest absolute Gasteiger partial charge is 0.410 e. The molecule has 1 atom stereocenters. The van der Waals surface area contributed by atoms with Crippen molar-refractivity contribution in [2.75, 3.05) is 52.9 Å². The number of hydrogen-bond acceptors (Lipinski definition) is 6. The first-order chi connectivity index (χ1) is 11.8. The van der Waals surface area contributed by atoms with Gasteiger partial charge in [-0.1, -0.05) is 0 Å². The molecule has 1 unspecified atom stereocenters. The molecule has 1 amide bonds. The van der Waals surface area contributed by atoms with Crippen LogP contribution in [0.3, 0.4) is 0 Å². The Hall–Kier alpha value is -0.770. The Morgan fingerprint density at radius 3 is 2.58 bits per heavy atom. The van der Waals surface area contributed by atoms with Crippen LogP contribution < -0.4 is 5.32 Å². The number of piperidine rings is 1. The first-order valence-electron chi connectivity index (χ1n) is 9.53. The van der Waals surface area contributed by atoms with Crippen LogP contribution in [-0.2, 0) is 4.74 Å². The summed E-state index contributed by atoms with van der Waals surface area (Å²) in [5.74, 6) is 1.76. The zero-order chi connectivity index (χ0) is 18.0. The number of fused-ring (bicyclic) bond motifs is 1. The second-order valence-electron chi connectivity index (χ2n) is 8.57. The standard InChI is InChI=1S/C18H33N5O2.HI/c1-18(2,3)25-17(24)22-9-10-23-15(13-22)12-20-16(23)19-11-14-5-7-21(4)8-6-14;/h14-15H,5-13H2,1-4H3,(H,19,20);1H. The molecule has 0 spiro atoms. The number of aliphatic imine (C=N–C) groups is 1. The number of ether oxygens (including phenoxy) is 1. The summed E-state index contributed by atoms with van der Waals surface area (Å²) in [5, 5.41) is 3.57. The Morgan fingerprint density at radius 2 is 1.92 bits per heavy atom. The minimum atomic E-state index is -0.443. The third-order valence-electron chi connectivity index (χ3n) is 5.25. The Kier molecular flexibility index (Phi) is 7.41. The molecule has 3 aliphatic heterocycles. The van der Waals surface area contributed by atoms with Gasteiger partial charge in [0.2, 0.25) is 0 Å². The molecule has 3 aliphatic rings. The van der Waals surface area contributed by atoms with E-state index < -0.39 is 5.60 Å². The number of nitrogens with one attached hydrogen (secondary N) is 1. The third-order valence-corrected chi connectivity index (χ3v) is 5.25. The Balaban J connectivity index is 0.00000243. The van der Waals surface area contributed by atoms with Crippen LogP contribution in [0.4, 0.5) is 4.79 Å². The van der Waals surface area contributed by atoms with Crippen molar-refractivity contribution in [1.82, 2.24) is 20.0 Å². The minimum Gasteiger partial charge on any atom is -0.444 e. The van der Waals surface area contributed by atoms with Gasteiger partial charge in [-0.25, -0.2) is 4.79 Å². The monoisotopic (exact) mass is 479 g/mol. The van der Waals surface area contributed by atoms with Crippen LogP contribution in [0.5, 0.6) is 0 Å².